The van der Waals surface area contributed by atoms with Crippen molar-refractivity contribution in [2.45, 2.75) is 37.7 Å². The van der Waals surface area contributed by atoms with E-state index in [1.807, 2.05) is 0 Å². The van der Waals surface area contributed by atoms with Gasteiger partial charge in [0.15, 0.2) is 0 Å². The minimum absolute atomic E-state index is 0.392. The first-order chi connectivity index (χ1) is 5.75. The fourth-order valence-corrected chi connectivity index (χ4v) is 1.91. The number of carbonyl (C=O) groups is 1. The average Bonchev–Trinajstić information content (AvgIpc) is 2.37. The molecule has 0 radical (unpaired) electrons. The number of rotatable bonds is 0. The Morgan fingerprint density at radius 3 is 2.42 bits per heavy atom. The monoisotopic (exact) mass is 168 g/mol. The molecule has 2 aliphatic rings. The standard InChI is InChI=1S/C9H12O3/c1-7-8(10)11-12-9(7)5-3-2-4-6-9/h1-6H2. The van der Waals surface area contributed by atoms with E-state index < -0.39 is 11.6 Å². The van der Waals surface area contributed by atoms with E-state index in [2.05, 4.69) is 11.5 Å². The lowest BCUT2D eigenvalue weighted by Crippen LogP contribution is -2.32. The van der Waals surface area contributed by atoms with Crippen molar-refractivity contribution in [3.8, 4) is 0 Å². The van der Waals surface area contributed by atoms with Crippen molar-refractivity contribution in [2.24, 2.45) is 0 Å². The van der Waals surface area contributed by atoms with E-state index in [0.717, 1.165) is 25.7 Å². The molecule has 1 spiro atoms. The first kappa shape index (κ1) is 7.80. The van der Waals surface area contributed by atoms with Crippen LogP contribution in [-0.2, 0) is 14.6 Å². The van der Waals surface area contributed by atoms with Crippen LogP contribution in [0.25, 0.3) is 0 Å². The van der Waals surface area contributed by atoms with Crippen LogP contribution in [0.2, 0.25) is 0 Å². The molecule has 66 valence electrons. The van der Waals surface area contributed by atoms with Crippen molar-refractivity contribution in [2.75, 3.05) is 0 Å². The molecule has 3 heteroatoms. The first-order valence-electron chi connectivity index (χ1n) is 4.34. The molecule has 0 amide bonds. The maximum absolute atomic E-state index is 11.0. The van der Waals surface area contributed by atoms with Crippen molar-refractivity contribution in [3.05, 3.63) is 12.2 Å². The lowest BCUT2D eigenvalue weighted by Gasteiger charge is -2.28. The maximum Gasteiger partial charge on any atom is 0.371 e. The van der Waals surface area contributed by atoms with Crippen molar-refractivity contribution >= 4 is 5.97 Å². The second-order valence-electron chi connectivity index (χ2n) is 3.49. The van der Waals surface area contributed by atoms with Crippen LogP contribution in [0.1, 0.15) is 32.1 Å². The summed E-state index contributed by atoms with van der Waals surface area (Å²) in [6.45, 7) is 3.71. The summed E-state index contributed by atoms with van der Waals surface area (Å²) in [6.07, 6.45) is 5.15. The summed E-state index contributed by atoms with van der Waals surface area (Å²) in [5, 5.41) is 0. The van der Waals surface area contributed by atoms with Crippen LogP contribution in [0.3, 0.4) is 0 Å². The third-order valence-electron chi connectivity index (χ3n) is 2.73. The molecule has 1 saturated heterocycles. The first-order valence-corrected chi connectivity index (χ1v) is 4.34. The van der Waals surface area contributed by atoms with Crippen LogP contribution in [0, 0.1) is 0 Å². The second-order valence-corrected chi connectivity index (χ2v) is 3.49. The third-order valence-corrected chi connectivity index (χ3v) is 2.73. The van der Waals surface area contributed by atoms with Gasteiger partial charge in [-0.3, -0.25) is 4.89 Å². The Morgan fingerprint density at radius 1 is 1.25 bits per heavy atom. The second kappa shape index (κ2) is 2.59. The average molecular weight is 168 g/mol. The fraction of sp³-hybridized carbons (Fsp3) is 0.667. The molecule has 0 aromatic rings. The predicted octanol–water partition coefficient (Wildman–Crippen LogP) is 1.73. The van der Waals surface area contributed by atoms with Crippen molar-refractivity contribution in [3.63, 3.8) is 0 Å². The van der Waals surface area contributed by atoms with Gasteiger partial charge in [-0.05, 0) is 12.8 Å². The van der Waals surface area contributed by atoms with Gasteiger partial charge in [0, 0.05) is 0 Å². The SMILES string of the molecule is C=C1C(=O)OOC12CCCCC2. The molecule has 1 saturated carbocycles. The van der Waals surface area contributed by atoms with E-state index in [1.165, 1.54) is 6.42 Å². The van der Waals surface area contributed by atoms with Crippen LogP contribution < -0.4 is 0 Å². The van der Waals surface area contributed by atoms with E-state index in [1.54, 1.807) is 0 Å². The molecule has 12 heavy (non-hydrogen) atoms. The van der Waals surface area contributed by atoms with E-state index in [9.17, 15) is 4.79 Å². The van der Waals surface area contributed by atoms with Gasteiger partial charge in [0.05, 0.1) is 5.57 Å². The quantitative estimate of drug-likeness (QED) is 0.408. The third kappa shape index (κ3) is 0.966. The van der Waals surface area contributed by atoms with Gasteiger partial charge in [0.2, 0.25) is 0 Å². The topological polar surface area (TPSA) is 35.5 Å². The van der Waals surface area contributed by atoms with Crippen molar-refractivity contribution in [1.29, 1.82) is 0 Å². The van der Waals surface area contributed by atoms with E-state index in [4.69, 9.17) is 4.89 Å². The van der Waals surface area contributed by atoms with Crippen LogP contribution in [0.5, 0.6) is 0 Å². The Hall–Kier alpha value is -0.830. The largest absolute Gasteiger partial charge is 0.371 e. The normalized spacial score (nSPS) is 27.7. The zero-order valence-electron chi connectivity index (χ0n) is 6.97. The summed E-state index contributed by atoms with van der Waals surface area (Å²) in [7, 11) is 0. The Labute approximate surface area is 71.3 Å². The molecule has 0 aromatic heterocycles. The summed E-state index contributed by atoms with van der Waals surface area (Å²) in [5.74, 6) is -0.392. The fourth-order valence-electron chi connectivity index (χ4n) is 1.91. The van der Waals surface area contributed by atoms with Crippen LogP contribution in [0.4, 0.5) is 0 Å². The summed E-state index contributed by atoms with van der Waals surface area (Å²) >= 11 is 0. The highest BCUT2D eigenvalue weighted by molar-refractivity contribution is 5.91. The zero-order chi connectivity index (χ0) is 8.60. The number of hydrogen-bond donors (Lipinski definition) is 0. The van der Waals surface area contributed by atoms with Gasteiger partial charge in [-0.15, -0.1) is 0 Å². The zero-order valence-corrected chi connectivity index (χ0v) is 6.97. The summed E-state index contributed by atoms with van der Waals surface area (Å²) < 4.78 is 0. The molecule has 0 atom stereocenters. The molecule has 0 unspecified atom stereocenters. The van der Waals surface area contributed by atoms with E-state index in [-0.39, 0.29) is 0 Å². The molecule has 3 nitrogen and oxygen atoms in total. The highest BCUT2D eigenvalue weighted by Gasteiger charge is 2.47. The van der Waals surface area contributed by atoms with E-state index >= 15 is 0 Å². The predicted molar refractivity (Wildman–Crippen MR) is 42.1 cm³/mol. The molecule has 0 aromatic carbocycles. The van der Waals surface area contributed by atoms with Gasteiger partial charge in [-0.25, -0.2) is 4.79 Å². The van der Waals surface area contributed by atoms with Gasteiger partial charge < -0.3 is 0 Å². The van der Waals surface area contributed by atoms with E-state index in [0.29, 0.717) is 5.57 Å². The highest BCUT2D eigenvalue weighted by atomic mass is 17.2. The van der Waals surface area contributed by atoms with Crippen molar-refractivity contribution in [1.82, 2.24) is 0 Å². The van der Waals surface area contributed by atoms with Gasteiger partial charge in [0.25, 0.3) is 0 Å². The summed E-state index contributed by atoms with van der Waals surface area (Å²) in [6, 6.07) is 0. The van der Waals surface area contributed by atoms with Gasteiger partial charge in [-0.1, -0.05) is 25.8 Å². The smallest absolute Gasteiger partial charge is 0.292 e. The Balaban J connectivity index is 2.19. The van der Waals surface area contributed by atoms with Crippen LogP contribution in [-0.4, -0.2) is 11.6 Å². The van der Waals surface area contributed by atoms with Gasteiger partial charge in [-0.2, -0.15) is 4.89 Å². The molecular formula is C9H12O3. The van der Waals surface area contributed by atoms with Gasteiger partial charge in [0.1, 0.15) is 5.60 Å². The maximum atomic E-state index is 11.0. The molecular weight excluding hydrogens is 156 g/mol. The molecule has 0 bridgehead atoms. The molecule has 1 aliphatic heterocycles. The number of carbonyl (C=O) groups excluding carboxylic acids is 1. The van der Waals surface area contributed by atoms with Crippen LogP contribution >= 0.6 is 0 Å². The molecule has 2 rings (SSSR count). The highest BCUT2D eigenvalue weighted by Crippen LogP contribution is 2.41. The summed E-state index contributed by atoms with van der Waals surface area (Å²) in [5.41, 5.74) is 0.0391. The Kier molecular flexibility index (Phi) is 1.68. The van der Waals surface area contributed by atoms with Crippen LogP contribution in [0.15, 0.2) is 12.2 Å². The Bertz CT molecular complexity index is 226. The Morgan fingerprint density at radius 2 is 1.92 bits per heavy atom. The molecule has 0 N–H and O–H groups in total. The lowest BCUT2D eigenvalue weighted by atomic mass is 9.80. The molecule has 1 aliphatic carbocycles. The minimum Gasteiger partial charge on any atom is -0.292 e. The lowest BCUT2D eigenvalue weighted by molar-refractivity contribution is -0.296. The molecule has 2 fully saturated rings. The van der Waals surface area contributed by atoms with Gasteiger partial charge >= 0.3 is 5.97 Å². The summed E-state index contributed by atoms with van der Waals surface area (Å²) in [4.78, 5) is 20.6. The minimum atomic E-state index is -0.463. The number of hydrogen-bond acceptors (Lipinski definition) is 3. The molecule has 1 heterocycles. The van der Waals surface area contributed by atoms with Crippen molar-refractivity contribution < 1.29 is 14.6 Å².